The third-order valence-corrected chi connectivity index (χ3v) is 3.07. The zero-order chi connectivity index (χ0) is 14.8. The highest BCUT2D eigenvalue weighted by molar-refractivity contribution is 6.30. The van der Waals surface area contributed by atoms with Crippen molar-refractivity contribution in [2.45, 2.75) is 6.92 Å². The standard InChI is InChI=1S/C12H9Cl2N7/c1-7-2-3-8(13)4-9(7)17-11-18-10(14)19-12(20-11)21-6-15-5-16-21/h2-6H,1H3,(H,17,18,19,20). The van der Waals surface area contributed by atoms with Crippen LogP contribution in [0.4, 0.5) is 11.6 Å². The van der Waals surface area contributed by atoms with Gasteiger partial charge in [0.2, 0.25) is 11.2 Å². The second-order valence-corrected chi connectivity index (χ2v) is 4.93. The molecule has 0 radical (unpaired) electrons. The molecule has 0 saturated heterocycles. The Morgan fingerprint density at radius 2 is 2.00 bits per heavy atom. The van der Waals surface area contributed by atoms with Crippen LogP contribution in [0.25, 0.3) is 5.95 Å². The van der Waals surface area contributed by atoms with E-state index in [1.807, 2.05) is 19.1 Å². The van der Waals surface area contributed by atoms with Crippen LogP contribution in [0.15, 0.2) is 30.9 Å². The largest absolute Gasteiger partial charge is 0.324 e. The van der Waals surface area contributed by atoms with Crippen molar-refractivity contribution in [2.75, 3.05) is 5.32 Å². The van der Waals surface area contributed by atoms with Crippen molar-refractivity contribution in [3.8, 4) is 5.95 Å². The van der Waals surface area contributed by atoms with Crippen LogP contribution in [-0.4, -0.2) is 29.7 Å². The van der Waals surface area contributed by atoms with E-state index in [1.54, 1.807) is 6.07 Å². The van der Waals surface area contributed by atoms with Crippen LogP contribution >= 0.6 is 23.2 Å². The Kier molecular flexibility index (Phi) is 3.68. The molecule has 0 saturated carbocycles. The molecule has 3 rings (SSSR count). The average molecular weight is 322 g/mol. The second-order valence-electron chi connectivity index (χ2n) is 4.15. The van der Waals surface area contributed by atoms with E-state index in [1.165, 1.54) is 17.3 Å². The fourth-order valence-electron chi connectivity index (χ4n) is 1.66. The van der Waals surface area contributed by atoms with Gasteiger partial charge in [0, 0.05) is 10.7 Å². The quantitative estimate of drug-likeness (QED) is 0.798. The number of anilines is 2. The Labute approximate surface area is 130 Å². The van der Waals surface area contributed by atoms with Gasteiger partial charge < -0.3 is 5.32 Å². The number of rotatable bonds is 3. The lowest BCUT2D eigenvalue weighted by atomic mass is 10.2. The van der Waals surface area contributed by atoms with Crippen molar-refractivity contribution in [1.82, 2.24) is 29.7 Å². The van der Waals surface area contributed by atoms with Crippen LogP contribution in [0.5, 0.6) is 0 Å². The van der Waals surface area contributed by atoms with E-state index in [0.717, 1.165) is 11.3 Å². The van der Waals surface area contributed by atoms with E-state index in [2.05, 4.69) is 30.4 Å². The van der Waals surface area contributed by atoms with Gasteiger partial charge in [0.25, 0.3) is 5.95 Å². The summed E-state index contributed by atoms with van der Waals surface area (Å²) in [5, 5.41) is 7.68. The molecule has 0 atom stereocenters. The van der Waals surface area contributed by atoms with Crippen molar-refractivity contribution < 1.29 is 0 Å². The number of benzene rings is 1. The summed E-state index contributed by atoms with van der Waals surface area (Å²) in [7, 11) is 0. The van der Waals surface area contributed by atoms with Gasteiger partial charge in [-0.2, -0.15) is 24.7 Å². The first-order chi connectivity index (χ1) is 10.1. The number of hydrogen-bond donors (Lipinski definition) is 1. The van der Waals surface area contributed by atoms with E-state index in [0.29, 0.717) is 11.0 Å². The normalized spacial score (nSPS) is 10.6. The molecule has 7 nitrogen and oxygen atoms in total. The molecule has 0 aliphatic heterocycles. The number of hydrogen-bond acceptors (Lipinski definition) is 6. The van der Waals surface area contributed by atoms with Gasteiger partial charge in [-0.1, -0.05) is 17.7 Å². The Hall–Kier alpha value is -2.25. The molecule has 0 bridgehead atoms. The molecule has 1 aromatic carbocycles. The minimum Gasteiger partial charge on any atom is -0.324 e. The van der Waals surface area contributed by atoms with Crippen molar-refractivity contribution in [2.24, 2.45) is 0 Å². The highest BCUT2D eigenvalue weighted by Gasteiger charge is 2.09. The molecule has 3 aromatic rings. The summed E-state index contributed by atoms with van der Waals surface area (Å²) in [5.41, 5.74) is 1.78. The predicted molar refractivity (Wildman–Crippen MR) is 79.2 cm³/mol. The fraction of sp³-hybridized carbons (Fsp3) is 0.0833. The zero-order valence-corrected chi connectivity index (χ0v) is 12.3. The van der Waals surface area contributed by atoms with Crippen LogP contribution in [0.2, 0.25) is 10.3 Å². The maximum absolute atomic E-state index is 5.99. The van der Waals surface area contributed by atoms with E-state index < -0.39 is 0 Å². The van der Waals surface area contributed by atoms with Gasteiger partial charge in [0.1, 0.15) is 12.7 Å². The van der Waals surface area contributed by atoms with E-state index in [-0.39, 0.29) is 11.2 Å². The lowest BCUT2D eigenvalue weighted by molar-refractivity contribution is 0.796. The molecule has 1 N–H and O–H groups in total. The number of nitrogens with one attached hydrogen (secondary N) is 1. The summed E-state index contributed by atoms with van der Waals surface area (Å²) in [6, 6.07) is 5.48. The van der Waals surface area contributed by atoms with E-state index >= 15 is 0 Å². The first kappa shape index (κ1) is 13.7. The summed E-state index contributed by atoms with van der Waals surface area (Å²) in [5.74, 6) is 0.570. The molecule has 0 spiro atoms. The SMILES string of the molecule is Cc1ccc(Cl)cc1Nc1nc(Cl)nc(-n2cncn2)n1. The molecule has 0 unspecified atom stereocenters. The monoisotopic (exact) mass is 321 g/mol. The molecular formula is C12H9Cl2N7. The van der Waals surface area contributed by atoms with E-state index in [9.17, 15) is 0 Å². The molecule has 2 heterocycles. The van der Waals surface area contributed by atoms with Crippen LogP contribution in [0.1, 0.15) is 5.56 Å². The van der Waals surface area contributed by atoms with Crippen molar-refractivity contribution in [3.05, 3.63) is 46.7 Å². The third kappa shape index (κ3) is 3.09. The van der Waals surface area contributed by atoms with Gasteiger partial charge in [-0.25, -0.2) is 4.98 Å². The molecule has 106 valence electrons. The Balaban J connectivity index is 1.97. The molecule has 2 aromatic heterocycles. The van der Waals surface area contributed by atoms with Crippen LogP contribution in [0, 0.1) is 6.92 Å². The molecule has 0 aliphatic carbocycles. The lowest BCUT2D eigenvalue weighted by Gasteiger charge is -2.09. The Morgan fingerprint density at radius 1 is 1.14 bits per heavy atom. The summed E-state index contributed by atoms with van der Waals surface area (Å²) < 4.78 is 1.39. The summed E-state index contributed by atoms with van der Waals surface area (Å²) in [4.78, 5) is 16.1. The van der Waals surface area contributed by atoms with Gasteiger partial charge in [-0.3, -0.25) is 0 Å². The smallest absolute Gasteiger partial charge is 0.258 e. The van der Waals surface area contributed by atoms with Gasteiger partial charge in [-0.15, -0.1) is 0 Å². The van der Waals surface area contributed by atoms with Gasteiger partial charge in [-0.05, 0) is 36.2 Å². The zero-order valence-electron chi connectivity index (χ0n) is 10.8. The predicted octanol–water partition coefficient (Wildman–Crippen LogP) is 2.81. The van der Waals surface area contributed by atoms with Crippen LogP contribution in [0.3, 0.4) is 0 Å². The Morgan fingerprint density at radius 3 is 2.76 bits per heavy atom. The number of nitrogens with zero attached hydrogens (tertiary/aromatic N) is 6. The topological polar surface area (TPSA) is 81.4 Å². The van der Waals surface area contributed by atoms with Gasteiger partial charge in [0.05, 0.1) is 0 Å². The molecule has 9 heteroatoms. The lowest BCUT2D eigenvalue weighted by Crippen LogP contribution is -2.07. The van der Waals surface area contributed by atoms with Crippen LogP contribution in [-0.2, 0) is 0 Å². The maximum atomic E-state index is 5.99. The fourth-order valence-corrected chi connectivity index (χ4v) is 1.99. The molecular weight excluding hydrogens is 313 g/mol. The minimum atomic E-state index is 0.0534. The van der Waals surface area contributed by atoms with Gasteiger partial charge >= 0.3 is 0 Å². The maximum Gasteiger partial charge on any atom is 0.258 e. The molecule has 0 amide bonds. The average Bonchev–Trinajstić information content (AvgIpc) is 2.96. The highest BCUT2D eigenvalue weighted by Crippen LogP contribution is 2.23. The second kappa shape index (κ2) is 5.63. The highest BCUT2D eigenvalue weighted by atomic mass is 35.5. The summed E-state index contributed by atoms with van der Waals surface area (Å²) in [6.45, 7) is 1.94. The van der Waals surface area contributed by atoms with E-state index in [4.69, 9.17) is 23.2 Å². The van der Waals surface area contributed by atoms with Crippen molar-refractivity contribution in [3.63, 3.8) is 0 Å². The number of aromatic nitrogens is 6. The first-order valence-corrected chi connectivity index (χ1v) is 6.67. The number of halogens is 2. The first-order valence-electron chi connectivity index (χ1n) is 5.91. The molecule has 0 aliphatic rings. The third-order valence-electron chi connectivity index (χ3n) is 2.67. The Bertz CT molecular complexity index is 773. The molecule has 21 heavy (non-hydrogen) atoms. The van der Waals surface area contributed by atoms with Crippen molar-refractivity contribution in [1.29, 1.82) is 0 Å². The summed E-state index contributed by atoms with van der Waals surface area (Å²) >= 11 is 11.9. The van der Waals surface area contributed by atoms with Crippen molar-refractivity contribution >= 4 is 34.8 Å². The number of aryl methyl sites for hydroxylation is 1. The van der Waals surface area contributed by atoms with Crippen LogP contribution < -0.4 is 5.32 Å². The molecule has 0 fully saturated rings. The van der Waals surface area contributed by atoms with Gasteiger partial charge in [0.15, 0.2) is 0 Å². The summed E-state index contributed by atoms with van der Waals surface area (Å²) in [6.07, 6.45) is 2.85. The minimum absolute atomic E-state index is 0.0534.